The third kappa shape index (κ3) is 6.27. The van der Waals surface area contributed by atoms with Gasteiger partial charge in [0.1, 0.15) is 0 Å². The van der Waals surface area contributed by atoms with Gasteiger partial charge in [0.25, 0.3) is 5.91 Å². The Balaban J connectivity index is 0.00000338. The number of rotatable bonds is 5. The molecule has 1 aromatic carbocycles. The van der Waals surface area contributed by atoms with Crippen molar-refractivity contribution < 1.29 is 14.3 Å². The number of hydrogen-bond donors (Lipinski definition) is 2. The minimum Gasteiger partial charge on any atom is -0.372 e. The number of amides is 2. The maximum atomic E-state index is 12.6. The van der Waals surface area contributed by atoms with Crippen LogP contribution >= 0.6 is 12.4 Å². The van der Waals surface area contributed by atoms with E-state index in [1.54, 1.807) is 24.3 Å². The zero-order valence-corrected chi connectivity index (χ0v) is 16.7. The lowest BCUT2D eigenvalue weighted by atomic mass is 10.0. The Morgan fingerprint density at radius 2 is 1.73 bits per heavy atom. The summed E-state index contributed by atoms with van der Waals surface area (Å²) in [4.78, 5) is 26.5. The molecule has 0 bridgehead atoms. The molecule has 0 aliphatic carbocycles. The average Bonchev–Trinajstić information content (AvgIpc) is 2.53. The van der Waals surface area contributed by atoms with Crippen LogP contribution in [0.4, 0.5) is 5.69 Å². The molecule has 2 amide bonds. The van der Waals surface area contributed by atoms with Crippen LogP contribution in [0.2, 0.25) is 0 Å². The molecule has 2 rings (SSSR count). The van der Waals surface area contributed by atoms with E-state index in [1.807, 2.05) is 32.6 Å². The lowest BCUT2D eigenvalue weighted by Gasteiger charge is -2.35. The first-order chi connectivity index (χ1) is 11.8. The first-order valence-electron chi connectivity index (χ1n) is 8.87. The number of benzene rings is 1. The number of carbonyl (C=O) groups excluding carboxylic acids is 2. The van der Waals surface area contributed by atoms with Gasteiger partial charge in [0.15, 0.2) is 0 Å². The van der Waals surface area contributed by atoms with Gasteiger partial charge in [0.2, 0.25) is 5.91 Å². The Kier molecular flexibility index (Phi) is 8.53. The van der Waals surface area contributed by atoms with Crippen molar-refractivity contribution in [1.82, 2.24) is 4.90 Å². The molecule has 3 N–H and O–H groups in total. The third-order valence-corrected chi connectivity index (χ3v) is 4.17. The van der Waals surface area contributed by atoms with Crippen LogP contribution in [0.25, 0.3) is 0 Å². The van der Waals surface area contributed by atoms with Crippen molar-refractivity contribution in [3.8, 4) is 0 Å². The highest BCUT2D eigenvalue weighted by molar-refractivity contribution is 5.97. The second kappa shape index (κ2) is 9.90. The summed E-state index contributed by atoms with van der Waals surface area (Å²) >= 11 is 0. The van der Waals surface area contributed by atoms with E-state index >= 15 is 0 Å². The molecule has 6 nitrogen and oxygen atoms in total. The fourth-order valence-corrected chi connectivity index (χ4v) is 3.07. The average molecular weight is 384 g/mol. The standard InChI is InChI=1S/C19H29N3O3.ClH/c1-12(2)9-17(20)18(23)21-16-7-5-15(6-8-16)19(24)22-10-13(3)25-14(4)11-22;/h5-8,12-14,17H,9-11,20H2,1-4H3,(H,21,23);1H/t13?,14?,17-;/m0./s1. The molecule has 7 heteroatoms. The maximum absolute atomic E-state index is 12.6. The van der Waals surface area contributed by atoms with Gasteiger partial charge in [-0.25, -0.2) is 0 Å². The quantitative estimate of drug-likeness (QED) is 0.818. The van der Waals surface area contributed by atoms with Crippen LogP contribution in [0, 0.1) is 5.92 Å². The number of nitrogens with zero attached hydrogens (tertiary/aromatic N) is 1. The molecule has 1 aliphatic heterocycles. The molecule has 0 aromatic heterocycles. The summed E-state index contributed by atoms with van der Waals surface area (Å²) in [6, 6.07) is 6.41. The van der Waals surface area contributed by atoms with Gasteiger partial charge in [-0.1, -0.05) is 13.8 Å². The molecule has 3 atom stereocenters. The minimum absolute atomic E-state index is 0. The van der Waals surface area contributed by atoms with Crippen molar-refractivity contribution in [2.24, 2.45) is 11.7 Å². The predicted molar refractivity (Wildman–Crippen MR) is 106 cm³/mol. The lowest BCUT2D eigenvalue weighted by Crippen LogP contribution is -2.48. The van der Waals surface area contributed by atoms with Gasteiger partial charge in [0.05, 0.1) is 18.2 Å². The Hall–Kier alpha value is -1.63. The number of nitrogens with one attached hydrogen (secondary N) is 1. The Bertz CT molecular complexity index is 597. The number of hydrogen-bond acceptors (Lipinski definition) is 4. The van der Waals surface area contributed by atoms with Gasteiger partial charge >= 0.3 is 0 Å². The molecular formula is C19H30ClN3O3. The second-order valence-corrected chi connectivity index (χ2v) is 7.27. The monoisotopic (exact) mass is 383 g/mol. The van der Waals surface area contributed by atoms with Crippen LogP contribution in [0.3, 0.4) is 0 Å². The normalized spacial score (nSPS) is 21.1. The van der Waals surface area contributed by atoms with Crippen LogP contribution in [0.5, 0.6) is 0 Å². The molecule has 0 saturated carbocycles. The fraction of sp³-hybridized carbons (Fsp3) is 0.579. The van der Waals surface area contributed by atoms with Crippen molar-refractivity contribution in [3.63, 3.8) is 0 Å². The maximum Gasteiger partial charge on any atom is 0.254 e. The molecule has 26 heavy (non-hydrogen) atoms. The van der Waals surface area contributed by atoms with Crippen molar-refractivity contribution in [2.45, 2.75) is 52.4 Å². The van der Waals surface area contributed by atoms with E-state index in [9.17, 15) is 9.59 Å². The van der Waals surface area contributed by atoms with Gasteiger partial charge in [-0.05, 0) is 50.5 Å². The lowest BCUT2D eigenvalue weighted by molar-refractivity contribution is -0.117. The van der Waals surface area contributed by atoms with Gasteiger partial charge in [-0.15, -0.1) is 12.4 Å². The number of anilines is 1. The van der Waals surface area contributed by atoms with Gasteiger partial charge in [0, 0.05) is 24.3 Å². The highest BCUT2D eigenvalue weighted by atomic mass is 35.5. The highest BCUT2D eigenvalue weighted by Gasteiger charge is 2.26. The van der Waals surface area contributed by atoms with E-state index in [4.69, 9.17) is 10.5 Å². The Morgan fingerprint density at radius 1 is 1.19 bits per heavy atom. The number of carbonyl (C=O) groups is 2. The number of halogens is 1. The molecular weight excluding hydrogens is 354 g/mol. The predicted octanol–water partition coefficient (Wildman–Crippen LogP) is 2.67. The molecule has 1 saturated heterocycles. The van der Waals surface area contributed by atoms with Crippen LogP contribution in [-0.2, 0) is 9.53 Å². The highest BCUT2D eigenvalue weighted by Crippen LogP contribution is 2.16. The molecule has 0 radical (unpaired) electrons. The molecule has 1 aliphatic rings. The van der Waals surface area contributed by atoms with Crippen LogP contribution in [0.15, 0.2) is 24.3 Å². The largest absolute Gasteiger partial charge is 0.372 e. The van der Waals surface area contributed by atoms with E-state index in [-0.39, 0.29) is 36.4 Å². The summed E-state index contributed by atoms with van der Waals surface area (Å²) in [7, 11) is 0. The SMILES string of the molecule is CC(C)C[C@H](N)C(=O)Nc1ccc(C(=O)N2CC(C)OC(C)C2)cc1.Cl. The summed E-state index contributed by atoms with van der Waals surface area (Å²) < 4.78 is 5.66. The summed E-state index contributed by atoms with van der Waals surface area (Å²) in [5.74, 6) is 0.138. The van der Waals surface area contributed by atoms with E-state index in [1.165, 1.54) is 0 Å². The van der Waals surface area contributed by atoms with Crippen LogP contribution < -0.4 is 11.1 Å². The molecule has 1 fully saturated rings. The zero-order chi connectivity index (χ0) is 18.6. The third-order valence-electron chi connectivity index (χ3n) is 4.17. The topological polar surface area (TPSA) is 84.7 Å². The van der Waals surface area contributed by atoms with Gasteiger partial charge in [-0.3, -0.25) is 9.59 Å². The first kappa shape index (κ1) is 22.4. The molecule has 1 aromatic rings. The van der Waals surface area contributed by atoms with E-state index in [2.05, 4.69) is 5.32 Å². The summed E-state index contributed by atoms with van der Waals surface area (Å²) in [6.07, 6.45) is 0.706. The van der Waals surface area contributed by atoms with Crippen LogP contribution in [-0.4, -0.2) is 48.1 Å². The number of nitrogens with two attached hydrogens (primary N) is 1. The second-order valence-electron chi connectivity index (χ2n) is 7.27. The number of ether oxygens (including phenoxy) is 1. The Morgan fingerprint density at radius 3 is 2.23 bits per heavy atom. The molecule has 0 spiro atoms. The smallest absolute Gasteiger partial charge is 0.254 e. The summed E-state index contributed by atoms with van der Waals surface area (Å²) in [5, 5.41) is 2.80. The van der Waals surface area contributed by atoms with E-state index in [0.29, 0.717) is 36.7 Å². The Labute approximate surface area is 161 Å². The van der Waals surface area contributed by atoms with E-state index < -0.39 is 6.04 Å². The van der Waals surface area contributed by atoms with Crippen molar-refractivity contribution in [3.05, 3.63) is 29.8 Å². The van der Waals surface area contributed by atoms with Crippen molar-refractivity contribution in [2.75, 3.05) is 18.4 Å². The first-order valence-corrected chi connectivity index (χ1v) is 8.87. The zero-order valence-electron chi connectivity index (χ0n) is 15.9. The van der Waals surface area contributed by atoms with Crippen molar-refractivity contribution in [1.29, 1.82) is 0 Å². The minimum atomic E-state index is -0.530. The number of morpholine rings is 1. The molecule has 1 heterocycles. The van der Waals surface area contributed by atoms with Gasteiger partial charge < -0.3 is 20.7 Å². The van der Waals surface area contributed by atoms with E-state index in [0.717, 1.165) is 0 Å². The molecule has 2 unspecified atom stereocenters. The van der Waals surface area contributed by atoms with Crippen LogP contribution in [0.1, 0.15) is 44.5 Å². The summed E-state index contributed by atoms with van der Waals surface area (Å²) in [5.41, 5.74) is 7.13. The summed E-state index contributed by atoms with van der Waals surface area (Å²) in [6.45, 7) is 9.17. The fourth-order valence-electron chi connectivity index (χ4n) is 3.07. The van der Waals surface area contributed by atoms with Gasteiger partial charge in [-0.2, -0.15) is 0 Å². The molecule has 146 valence electrons. The van der Waals surface area contributed by atoms with Crippen molar-refractivity contribution >= 4 is 29.9 Å².